The van der Waals surface area contributed by atoms with E-state index in [0.717, 1.165) is 53.7 Å². The van der Waals surface area contributed by atoms with Gasteiger partial charge in [-0.3, -0.25) is 4.99 Å². The number of aliphatic imine (C=N–C) groups is 1. The Kier molecular flexibility index (Phi) is 10.6. The summed E-state index contributed by atoms with van der Waals surface area (Å²) in [5, 5.41) is 7.00. The van der Waals surface area contributed by atoms with Crippen LogP contribution in [0.1, 0.15) is 29.3 Å². The molecule has 34 heavy (non-hydrogen) atoms. The van der Waals surface area contributed by atoms with Gasteiger partial charge in [0.15, 0.2) is 5.96 Å². The number of fused-ring (bicyclic) bond motifs is 1. The van der Waals surface area contributed by atoms with Crippen LogP contribution in [0, 0.1) is 0 Å². The van der Waals surface area contributed by atoms with Gasteiger partial charge in [0.2, 0.25) is 0 Å². The number of nitrogens with one attached hydrogen (secondary N) is 2. The Balaban J connectivity index is 0.00000324. The van der Waals surface area contributed by atoms with E-state index in [-0.39, 0.29) is 30.0 Å². The maximum Gasteiger partial charge on any atom is 0.191 e. The van der Waals surface area contributed by atoms with Crippen molar-refractivity contribution in [3.05, 3.63) is 83.8 Å². The van der Waals surface area contributed by atoms with Crippen molar-refractivity contribution in [2.24, 2.45) is 4.99 Å². The lowest BCUT2D eigenvalue weighted by Crippen LogP contribution is -2.42. The minimum Gasteiger partial charge on any atom is -0.497 e. The SMILES string of the molecule is COc1ccc(COCCN=C(NCCc2ccco2)NC2CCOc3ccccc32)cc1.I. The van der Waals surface area contributed by atoms with Crippen LogP contribution in [0.4, 0.5) is 0 Å². The highest BCUT2D eigenvalue weighted by Gasteiger charge is 2.21. The fourth-order valence-electron chi connectivity index (χ4n) is 3.70. The number of hydrogen-bond donors (Lipinski definition) is 2. The van der Waals surface area contributed by atoms with Gasteiger partial charge in [-0.05, 0) is 35.9 Å². The minimum absolute atomic E-state index is 0. The fourth-order valence-corrected chi connectivity index (χ4v) is 3.70. The molecule has 2 aromatic carbocycles. The normalized spacial score (nSPS) is 15.0. The number of benzene rings is 2. The van der Waals surface area contributed by atoms with Crippen molar-refractivity contribution in [2.75, 3.05) is 33.4 Å². The molecule has 1 aliphatic heterocycles. The van der Waals surface area contributed by atoms with Crippen LogP contribution < -0.4 is 20.1 Å². The molecule has 0 saturated heterocycles. The molecule has 8 heteroatoms. The summed E-state index contributed by atoms with van der Waals surface area (Å²) in [5.41, 5.74) is 2.26. The van der Waals surface area contributed by atoms with Gasteiger partial charge in [-0.1, -0.05) is 30.3 Å². The van der Waals surface area contributed by atoms with E-state index >= 15 is 0 Å². The second kappa shape index (κ2) is 13.9. The monoisotopic (exact) mass is 577 g/mol. The van der Waals surface area contributed by atoms with Crippen LogP contribution >= 0.6 is 24.0 Å². The largest absolute Gasteiger partial charge is 0.497 e. The lowest BCUT2D eigenvalue weighted by atomic mass is 10.0. The van der Waals surface area contributed by atoms with E-state index in [0.29, 0.717) is 26.4 Å². The number of para-hydroxylation sites is 1. The molecule has 0 aliphatic carbocycles. The van der Waals surface area contributed by atoms with Gasteiger partial charge >= 0.3 is 0 Å². The molecule has 1 aromatic heterocycles. The number of guanidine groups is 1. The van der Waals surface area contributed by atoms with Crippen molar-refractivity contribution in [2.45, 2.75) is 25.5 Å². The maximum atomic E-state index is 5.81. The van der Waals surface area contributed by atoms with Crippen molar-refractivity contribution in [3.63, 3.8) is 0 Å². The van der Waals surface area contributed by atoms with Gasteiger partial charge in [0.05, 0.1) is 45.8 Å². The number of nitrogens with zero attached hydrogens (tertiary/aromatic N) is 1. The molecule has 1 unspecified atom stereocenters. The van der Waals surface area contributed by atoms with Gasteiger partial charge in [0.1, 0.15) is 17.3 Å². The average molecular weight is 577 g/mol. The molecule has 0 amide bonds. The Hall–Kier alpha value is -2.72. The topological polar surface area (TPSA) is 77.2 Å². The molecule has 0 saturated carbocycles. The standard InChI is InChI=1S/C26H31N3O4.HI/c1-30-21-10-8-20(9-11-21)19-31-18-15-28-26(27-14-12-22-5-4-16-32-22)29-24-13-17-33-25-7-3-2-6-23(24)25;/h2-11,16,24H,12-15,17-19H2,1H3,(H2,27,28,29);1H. The summed E-state index contributed by atoms with van der Waals surface area (Å²) in [6.07, 6.45) is 3.36. The quantitative estimate of drug-likeness (QED) is 0.157. The summed E-state index contributed by atoms with van der Waals surface area (Å²) in [6.45, 7) is 3.02. The van der Waals surface area contributed by atoms with Gasteiger partial charge < -0.3 is 29.3 Å². The summed E-state index contributed by atoms with van der Waals surface area (Å²) in [6, 6.07) is 20.1. The predicted molar refractivity (Wildman–Crippen MR) is 143 cm³/mol. The molecular formula is C26H32IN3O4. The van der Waals surface area contributed by atoms with Gasteiger partial charge in [-0.15, -0.1) is 24.0 Å². The molecule has 182 valence electrons. The van der Waals surface area contributed by atoms with Crippen molar-refractivity contribution in [1.29, 1.82) is 0 Å². The van der Waals surface area contributed by atoms with Crippen molar-refractivity contribution >= 4 is 29.9 Å². The first-order valence-corrected chi connectivity index (χ1v) is 11.3. The third kappa shape index (κ3) is 7.66. The minimum atomic E-state index is 0. The average Bonchev–Trinajstić information content (AvgIpc) is 3.38. The number of hydrogen-bond acceptors (Lipinski definition) is 5. The number of halogens is 1. The Bertz CT molecular complexity index is 1010. The number of furan rings is 1. The van der Waals surface area contributed by atoms with E-state index in [1.54, 1.807) is 13.4 Å². The van der Waals surface area contributed by atoms with Crippen molar-refractivity contribution < 1.29 is 18.6 Å². The van der Waals surface area contributed by atoms with E-state index in [9.17, 15) is 0 Å². The highest BCUT2D eigenvalue weighted by Crippen LogP contribution is 2.31. The molecule has 1 aliphatic rings. The number of ether oxygens (including phenoxy) is 3. The molecule has 4 rings (SSSR count). The molecule has 0 bridgehead atoms. The van der Waals surface area contributed by atoms with Crippen LogP contribution in [-0.2, 0) is 17.8 Å². The second-order valence-corrected chi connectivity index (χ2v) is 7.76. The number of methoxy groups -OCH3 is 1. The van der Waals surface area contributed by atoms with Crippen molar-refractivity contribution in [3.8, 4) is 11.5 Å². The molecule has 2 N–H and O–H groups in total. The lowest BCUT2D eigenvalue weighted by molar-refractivity contribution is 0.128. The Morgan fingerprint density at radius 1 is 1.09 bits per heavy atom. The van der Waals surface area contributed by atoms with E-state index in [1.807, 2.05) is 54.6 Å². The van der Waals surface area contributed by atoms with Gasteiger partial charge in [-0.25, -0.2) is 0 Å². The molecule has 0 fully saturated rings. The molecule has 2 heterocycles. The van der Waals surface area contributed by atoms with Crippen LogP contribution in [0.2, 0.25) is 0 Å². The van der Waals surface area contributed by atoms with E-state index in [2.05, 4.69) is 16.7 Å². The Morgan fingerprint density at radius 2 is 1.94 bits per heavy atom. The number of rotatable bonds is 10. The Morgan fingerprint density at radius 3 is 2.74 bits per heavy atom. The molecule has 0 spiro atoms. The van der Waals surface area contributed by atoms with Crippen LogP contribution in [0.15, 0.2) is 76.3 Å². The third-order valence-electron chi connectivity index (χ3n) is 5.45. The smallest absolute Gasteiger partial charge is 0.191 e. The van der Waals surface area contributed by atoms with Gasteiger partial charge in [0, 0.05) is 24.9 Å². The van der Waals surface area contributed by atoms with Gasteiger partial charge in [-0.2, -0.15) is 0 Å². The summed E-state index contributed by atoms with van der Waals surface area (Å²) in [4.78, 5) is 4.75. The first-order chi connectivity index (χ1) is 16.3. The van der Waals surface area contributed by atoms with Gasteiger partial charge in [0.25, 0.3) is 0 Å². The van der Waals surface area contributed by atoms with Crippen LogP contribution in [0.25, 0.3) is 0 Å². The van der Waals surface area contributed by atoms with Crippen LogP contribution in [-0.4, -0.2) is 39.4 Å². The second-order valence-electron chi connectivity index (χ2n) is 7.76. The Labute approximate surface area is 217 Å². The summed E-state index contributed by atoms with van der Waals surface area (Å²) < 4.78 is 22.2. The molecule has 7 nitrogen and oxygen atoms in total. The van der Waals surface area contributed by atoms with Crippen LogP contribution in [0.5, 0.6) is 11.5 Å². The summed E-state index contributed by atoms with van der Waals surface area (Å²) in [7, 11) is 1.66. The van der Waals surface area contributed by atoms with E-state index < -0.39 is 0 Å². The molecule has 0 radical (unpaired) electrons. The first kappa shape index (κ1) is 25.9. The third-order valence-corrected chi connectivity index (χ3v) is 5.45. The molecule has 1 atom stereocenters. The summed E-state index contributed by atoms with van der Waals surface area (Å²) in [5.74, 6) is 3.48. The van der Waals surface area contributed by atoms with Crippen LogP contribution in [0.3, 0.4) is 0 Å². The predicted octanol–water partition coefficient (Wildman–Crippen LogP) is 4.72. The molecule has 3 aromatic rings. The molecular weight excluding hydrogens is 545 g/mol. The zero-order valence-corrected chi connectivity index (χ0v) is 21.7. The van der Waals surface area contributed by atoms with E-state index in [4.69, 9.17) is 23.6 Å². The maximum absolute atomic E-state index is 5.81. The highest BCUT2D eigenvalue weighted by molar-refractivity contribution is 14.0. The zero-order chi connectivity index (χ0) is 22.7. The first-order valence-electron chi connectivity index (χ1n) is 11.3. The van der Waals surface area contributed by atoms with Crippen molar-refractivity contribution in [1.82, 2.24) is 10.6 Å². The van der Waals surface area contributed by atoms with E-state index in [1.165, 1.54) is 0 Å². The summed E-state index contributed by atoms with van der Waals surface area (Å²) >= 11 is 0. The fraction of sp³-hybridized carbons (Fsp3) is 0.346. The highest BCUT2D eigenvalue weighted by atomic mass is 127. The lowest BCUT2D eigenvalue weighted by Gasteiger charge is -2.28. The zero-order valence-electron chi connectivity index (χ0n) is 19.4.